The third kappa shape index (κ3) is 5.58. The van der Waals surface area contributed by atoms with Crippen LogP contribution in [0.3, 0.4) is 0 Å². The van der Waals surface area contributed by atoms with Crippen molar-refractivity contribution in [1.82, 2.24) is 4.90 Å². The zero-order chi connectivity index (χ0) is 12.3. The first kappa shape index (κ1) is 14.2. The molecule has 0 radical (unpaired) electrons. The summed E-state index contributed by atoms with van der Waals surface area (Å²) in [5.41, 5.74) is 8.99. The van der Waals surface area contributed by atoms with Gasteiger partial charge in [0.2, 0.25) is 5.91 Å². The van der Waals surface area contributed by atoms with Crippen molar-refractivity contribution in [2.75, 3.05) is 19.6 Å². The minimum atomic E-state index is -4.30. The molecule has 0 saturated carbocycles. The standard InChI is InChI=1S/C8H16F3N3O/c1-3-14(5-8(9,10)11)4-7(2,13)6(12)15/h3-5,13H2,1-2H3,(H2,12,15). The van der Waals surface area contributed by atoms with Crippen molar-refractivity contribution in [2.24, 2.45) is 11.5 Å². The van der Waals surface area contributed by atoms with E-state index in [1.165, 1.54) is 6.92 Å². The van der Waals surface area contributed by atoms with E-state index in [0.717, 1.165) is 4.90 Å². The van der Waals surface area contributed by atoms with Gasteiger partial charge in [0.05, 0.1) is 6.54 Å². The summed E-state index contributed by atoms with van der Waals surface area (Å²) in [5.74, 6) is -0.817. The Morgan fingerprint density at radius 3 is 2.07 bits per heavy atom. The SMILES string of the molecule is CCN(CC(F)(F)F)CC(C)(N)C(N)=O. The normalized spacial score (nSPS) is 16.5. The summed E-state index contributed by atoms with van der Waals surface area (Å²) in [7, 11) is 0. The fourth-order valence-corrected chi connectivity index (χ4v) is 1.08. The van der Waals surface area contributed by atoms with Gasteiger partial charge in [-0.25, -0.2) is 0 Å². The topological polar surface area (TPSA) is 72.3 Å². The van der Waals surface area contributed by atoms with Gasteiger partial charge in [-0.2, -0.15) is 13.2 Å². The van der Waals surface area contributed by atoms with Crippen molar-refractivity contribution in [2.45, 2.75) is 25.6 Å². The molecule has 0 aliphatic rings. The van der Waals surface area contributed by atoms with E-state index in [2.05, 4.69) is 0 Å². The molecular weight excluding hydrogens is 211 g/mol. The molecule has 0 aromatic rings. The van der Waals surface area contributed by atoms with Crippen LogP contribution in [-0.4, -0.2) is 42.2 Å². The maximum absolute atomic E-state index is 12.1. The number of carbonyl (C=O) groups excluding carboxylic acids is 1. The van der Waals surface area contributed by atoms with Crippen LogP contribution in [0.15, 0.2) is 0 Å². The van der Waals surface area contributed by atoms with Gasteiger partial charge >= 0.3 is 6.18 Å². The number of rotatable bonds is 5. The number of carbonyl (C=O) groups is 1. The average Bonchev–Trinajstić information content (AvgIpc) is 1.99. The number of amides is 1. The first-order valence-electron chi connectivity index (χ1n) is 4.46. The van der Waals surface area contributed by atoms with Gasteiger partial charge in [0, 0.05) is 6.54 Å². The maximum atomic E-state index is 12.1. The molecule has 1 atom stereocenters. The van der Waals surface area contributed by atoms with E-state index in [9.17, 15) is 18.0 Å². The summed E-state index contributed by atoms with van der Waals surface area (Å²) in [6.07, 6.45) is -4.30. The molecule has 90 valence electrons. The van der Waals surface area contributed by atoms with E-state index in [4.69, 9.17) is 11.5 Å². The Bertz CT molecular complexity index is 228. The van der Waals surface area contributed by atoms with Crippen LogP contribution in [0.4, 0.5) is 13.2 Å². The highest BCUT2D eigenvalue weighted by molar-refractivity contribution is 5.84. The van der Waals surface area contributed by atoms with Crippen molar-refractivity contribution in [1.29, 1.82) is 0 Å². The summed E-state index contributed by atoms with van der Waals surface area (Å²) in [6.45, 7) is 1.72. The third-order valence-corrected chi connectivity index (χ3v) is 1.97. The second-order valence-electron chi connectivity index (χ2n) is 3.70. The lowest BCUT2D eigenvalue weighted by Crippen LogP contribution is -2.57. The highest BCUT2D eigenvalue weighted by atomic mass is 19.4. The minimum absolute atomic E-state index is 0.152. The lowest BCUT2D eigenvalue weighted by Gasteiger charge is -2.29. The third-order valence-electron chi connectivity index (χ3n) is 1.97. The van der Waals surface area contributed by atoms with Gasteiger partial charge in [0.25, 0.3) is 0 Å². The molecule has 0 bridgehead atoms. The number of nitrogens with two attached hydrogens (primary N) is 2. The number of primary amides is 1. The van der Waals surface area contributed by atoms with Gasteiger partial charge in [-0.15, -0.1) is 0 Å². The first-order valence-corrected chi connectivity index (χ1v) is 4.46. The van der Waals surface area contributed by atoms with Gasteiger partial charge in [0.1, 0.15) is 5.54 Å². The minimum Gasteiger partial charge on any atom is -0.368 e. The van der Waals surface area contributed by atoms with Crippen molar-refractivity contribution < 1.29 is 18.0 Å². The predicted molar refractivity (Wildman–Crippen MR) is 50.0 cm³/mol. The largest absolute Gasteiger partial charge is 0.401 e. The highest BCUT2D eigenvalue weighted by Crippen LogP contribution is 2.17. The molecule has 0 fully saturated rings. The van der Waals surface area contributed by atoms with E-state index >= 15 is 0 Å². The van der Waals surface area contributed by atoms with Crippen LogP contribution < -0.4 is 11.5 Å². The van der Waals surface area contributed by atoms with Crippen LogP contribution in [0.2, 0.25) is 0 Å². The van der Waals surface area contributed by atoms with Crippen molar-refractivity contribution in [3.05, 3.63) is 0 Å². The van der Waals surface area contributed by atoms with Crippen molar-refractivity contribution >= 4 is 5.91 Å². The highest BCUT2D eigenvalue weighted by Gasteiger charge is 2.34. The van der Waals surface area contributed by atoms with E-state index in [1.807, 2.05) is 0 Å². The molecular formula is C8H16F3N3O. The summed E-state index contributed by atoms with van der Waals surface area (Å²) in [4.78, 5) is 11.9. The number of likely N-dealkylation sites (N-methyl/N-ethyl adjacent to an activating group) is 1. The molecule has 0 aliphatic heterocycles. The van der Waals surface area contributed by atoms with Gasteiger partial charge < -0.3 is 11.5 Å². The van der Waals surface area contributed by atoms with Crippen molar-refractivity contribution in [3.8, 4) is 0 Å². The molecule has 0 aliphatic carbocycles. The van der Waals surface area contributed by atoms with Crippen molar-refractivity contribution in [3.63, 3.8) is 0 Å². The Balaban J connectivity index is 4.40. The molecule has 1 amide bonds. The zero-order valence-corrected chi connectivity index (χ0v) is 8.77. The predicted octanol–water partition coefficient (Wildman–Crippen LogP) is 0.0733. The molecule has 1 unspecified atom stereocenters. The Kier molecular flexibility index (Phi) is 4.54. The Labute approximate surface area is 86.4 Å². The molecule has 4 nitrogen and oxygen atoms in total. The molecule has 0 heterocycles. The second kappa shape index (κ2) is 4.80. The number of halogens is 3. The molecule has 7 heteroatoms. The van der Waals surface area contributed by atoms with Crippen LogP contribution in [0.5, 0.6) is 0 Å². The summed E-state index contributed by atoms with van der Waals surface area (Å²) in [6, 6.07) is 0. The molecule has 0 aromatic heterocycles. The molecule has 0 aromatic carbocycles. The van der Waals surface area contributed by atoms with E-state index in [0.29, 0.717) is 0 Å². The molecule has 15 heavy (non-hydrogen) atoms. The Morgan fingerprint density at radius 2 is 1.80 bits per heavy atom. The Hall–Kier alpha value is -0.820. The fourth-order valence-electron chi connectivity index (χ4n) is 1.08. The number of alkyl halides is 3. The first-order chi connectivity index (χ1) is 6.58. The number of hydrogen-bond acceptors (Lipinski definition) is 3. The Morgan fingerprint density at radius 1 is 1.33 bits per heavy atom. The quantitative estimate of drug-likeness (QED) is 0.698. The van der Waals surface area contributed by atoms with E-state index in [1.54, 1.807) is 6.92 Å². The molecule has 4 N–H and O–H groups in total. The summed E-state index contributed by atoms with van der Waals surface area (Å²) in [5, 5.41) is 0. The maximum Gasteiger partial charge on any atom is 0.401 e. The smallest absolute Gasteiger partial charge is 0.368 e. The van der Waals surface area contributed by atoms with Crippen LogP contribution in [-0.2, 0) is 4.79 Å². The van der Waals surface area contributed by atoms with Gasteiger partial charge in [-0.1, -0.05) is 6.92 Å². The average molecular weight is 227 g/mol. The van der Waals surface area contributed by atoms with E-state index in [-0.39, 0.29) is 13.1 Å². The monoisotopic (exact) mass is 227 g/mol. The van der Waals surface area contributed by atoms with Crippen LogP contribution >= 0.6 is 0 Å². The van der Waals surface area contributed by atoms with Crippen LogP contribution in [0, 0.1) is 0 Å². The second-order valence-corrected chi connectivity index (χ2v) is 3.70. The summed E-state index contributed by atoms with van der Waals surface area (Å²) >= 11 is 0. The van der Waals surface area contributed by atoms with Gasteiger partial charge in [-0.05, 0) is 13.5 Å². The molecule has 0 spiro atoms. The van der Waals surface area contributed by atoms with Crippen LogP contribution in [0.1, 0.15) is 13.8 Å². The fraction of sp³-hybridized carbons (Fsp3) is 0.875. The van der Waals surface area contributed by atoms with E-state index < -0.39 is 24.2 Å². The lowest BCUT2D eigenvalue weighted by atomic mass is 10.0. The number of hydrogen-bond donors (Lipinski definition) is 2. The van der Waals surface area contributed by atoms with Gasteiger partial charge in [0.15, 0.2) is 0 Å². The van der Waals surface area contributed by atoms with Gasteiger partial charge in [-0.3, -0.25) is 9.69 Å². The lowest BCUT2D eigenvalue weighted by molar-refractivity contribution is -0.148. The molecule has 0 saturated heterocycles. The summed E-state index contributed by atoms with van der Waals surface area (Å²) < 4.78 is 36.2. The molecule has 0 rings (SSSR count). The number of nitrogens with zero attached hydrogens (tertiary/aromatic N) is 1. The zero-order valence-electron chi connectivity index (χ0n) is 8.77. The van der Waals surface area contributed by atoms with Crippen LogP contribution in [0.25, 0.3) is 0 Å².